The van der Waals surface area contributed by atoms with Crippen molar-refractivity contribution in [2.75, 3.05) is 32.3 Å². The first kappa shape index (κ1) is 29.2. The predicted molar refractivity (Wildman–Crippen MR) is 148 cm³/mol. The average Bonchev–Trinajstić information content (AvgIpc) is 3.41. The zero-order valence-corrected chi connectivity index (χ0v) is 24.5. The van der Waals surface area contributed by atoms with E-state index in [2.05, 4.69) is 21.6 Å². The number of thioether (sulfide) groups is 1. The molecule has 12 heteroatoms. The SMILES string of the molecule is CCn1c(SCC(=O)Nc2sc(C(=O)N(C)C)c(C)c2C(=O)OC)nnc1C(C)Oc1cc(C)cc(C)c1. The Morgan fingerprint density at radius 2 is 1.79 bits per heavy atom. The molecule has 2 heterocycles. The number of thiophene rings is 1. The predicted octanol–water partition coefficient (Wildman–Crippen LogP) is 4.64. The Hall–Kier alpha value is -3.38. The number of aryl methyl sites for hydroxylation is 2. The largest absolute Gasteiger partial charge is 0.483 e. The van der Waals surface area contributed by atoms with Crippen molar-refractivity contribution in [3.05, 3.63) is 51.2 Å². The molecule has 1 unspecified atom stereocenters. The van der Waals surface area contributed by atoms with E-state index in [1.807, 2.05) is 44.4 Å². The summed E-state index contributed by atoms with van der Waals surface area (Å²) in [6.07, 6.45) is -0.351. The Morgan fingerprint density at radius 3 is 2.37 bits per heavy atom. The van der Waals surface area contributed by atoms with Crippen molar-refractivity contribution in [1.29, 1.82) is 0 Å². The summed E-state index contributed by atoms with van der Waals surface area (Å²) in [5.74, 6) is 0.217. The average molecular weight is 560 g/mol. The molecule has 38 heavy (non-hydrogen) atoms. The van der Waals surface area contributed by atoms with Gasteiger partial charge in [-0.25, -0.2) is 4.79 Å². The normalized spacial score (nSPS) is 11.7. The minimum Gasteiger partial charge on any atom is -0.483 e. The van der Waals surface area contributed by atoms with Crippen molar-refractivity contribution < 1.29 is 23.9 Å². The van der Waals surface area contributed by atoms with Crippen LogP contribution in [0.15, 0.2) is 23.4 Å². The number of nitrogens with one attached hydrogen (secondary N) is 1. The van der Waals surface area contributed by atoms with Crippen molar-refractivity contribution in [3.63, 3.8) is 0 Å². The minimum atomic E-state index is -0.618. The Labute approximate surface area is 230 Å². The third kappa shape index (κ3) is 6.54. The van der Waals surface area contributed by atoms with Crippen molar-refractivity contribution in [2.24, 2.45) is 0 Å². The standard InChI is InChI=1S/C26H33N5O5S2/c1-9-31-22(17(5)36-18-11-14(2)10-15(3)12-18)28-29-26(31)37-13-19(32)27-23-20(25(34)35-8)16(4)21(38-23)24(33)30(6)7/h10-12,17H,9,13H2,1-8H3,(H,27,32). The first-order valence-corrected chi connectivity index (χ1v) is 13.8. The molecule has 2 aromatic heterocycles. The molecule has 0 aliphatic heterocycles. The molecule has 0 aliphatic rings. The highest BCUT2D eigenvalue weighted by molar-refractivity contribution is 7.99. The van der Waals surface area contributed by atoms with E-state index in [9.17, 15) is 14.4 Å². The van der Waals surface area contributed by atoms with E-state index in [0.29, 0.717) is 28.0 Å². The maximum atomic E-state index is 12.9. The summed E-state index contributed by atoms with van der Waals surface area (Å²) in [7, 11) is 4.51. The third-order valence-electron chi connectivity index (χ3n) is 5.66. The van der Waals surface area contributed by atoms with Crippen LogP contribution >= 0.6 is 23.1 Å². The van der Waals surface area contributed by atoms with Gasteiger partial charge in [-0.05, 0) is 63.4 Å². The number of carbonyl (C=O) groups is 3. The molecule has 1 N–H and O–H groups in total. The van der Waals surface area contributed by atoms with Gasteiger partial charge in [-0.1, -0.05) is 17.8 Å². The van der Waals surface area contributed by atoms with Crippen molar-refractivity contribution in [2.45, 2.75) is 52.4 Å². The number of anilines is 1. The van der Waals surface area contributed by atoms with E-state index >= 15 is 0 Å². The molecule has 10 nitrogen and oxygen atoms in total. The summed E-state index contributed by atoms with van der Waals surface area (Å²) in [6.45, 7) is 10.2. The topological polar surface area (TPSA) is 116 Å². The number of nitrogens with zero attached hydrogens (tertiary/aromatic N) is 4. The molecule has 0 fully saturated rings. The zero-order chi connectivity index (χ0) is 28.1. The van der Waals surface area contributed by atoms with Crippen LogP contribution in [0.5, 0.6) is 5.75 Å². The van der Waals surface area contributed by atoms with Gasteiger partial charge in [-0.2, -0.15) is 0 Å². The number of ether oxygens (including phenoxy) is 2. The van der Waals surface area contributed by atoms with E-state index in [0.717, 1.165) is 28.2 Å². The molecule has 0 bridgehead atoms. The van der Waals surface area contributed by atoms with E-state index in [1.165, 1.54) is 23.8 Å². The van der Waals surface area contributed by atoms with Gasteiger partial charge in [-0.3, -0.25) is 9.59 Å². The number of benzene rings is 1. The van der Waals surface area contributed by atoms with Crippen LogP contribution < -0.4 is 10.1 Å². The second-order valence-corrected chi connectivity index (χ2v) is 10.9. The second kappa shape index (κ2) is 12.4. The third-order valence-corrected chi connectivity index (χ3v) is 7.82. The van der Waals surface area contributed by atoms with Gasteiger partial charge in [0, 0.05) is 20.6 Å². The van der Waals surface area contributed by atoms with Crippen LogP contribution in [0.25, 0.3) is 0 Å². The lowest BCUT2D eigenvalue weighted by Gasteiger charge is -2.16. The highest BCUT2D eigenvalue weighted by Crippen LogP contribution is 2.34. The van der Waals surface area contributed by atoms with Crippen molar-refractivity contribution in [3.8, 4) is 5.75 Å². The first-order chi connectivity index (χ1) is 18.0. The summed E-state index contributed by atoms with van der Waals surface area (Å²) in [6, 6.07) is 6.03. The molecule has 3 aromatic rings. The van der Waals surface area contributed by atoms with Gasteiger partial charge in [0.1, 0.15) is 10.8 Å². The van der Waals surface area contributed by atoms with Crippen molar-refractivity contribution in [1.82, 2.24) is 19.7 Å². The molecule has 0 spiro atoms. The fourth-order valence-corrected chi connectivity index (χ4v) is 5.95. The van der Waals surface area contributed by atoms with E-state index in [-0.39, 0.29) is 34.2 Å². The Kier molecular flexibility index (Phi) is 9.55. The lowest BCUT2D eigenvalue weighted by atomic mass is 10.1. The number of carbonyl (C=O) groups excluding carboxylic acids is 3. The molecule has 0 radical (unpaired) electrons. The molecule has 2 amide bonds. The molecule has 3 rings (SSSR count). The maximum Gasteiger partial charge on any atom is 0.341 e. The van der Waals surface area contributed by atoms with E-state index < -0.39 is 5.97 Å². The fourth-order valence-electron chi connectivity index (χ4n) is 3.91. The van der Waals surface area contributed by atoms with Crippen LogP contribution in [0.4, 0.5) is 5.00 Å². The van der Waals surface area contributed by atoms with Gasteiger partial charge in [0.05, 0.1) is 23.3 Å². The van der Waals surface area contributed by atoms with Gasteiger partial charge in [0.25, 0.3) is 5.91 Å². The number of amides is 2. The smallest absolute Gasteiger partial charge is 0.341 e. The van der Waals surface area contributed by atoms with Gasteiger partial charge >= 0.3 is 5.97 Å². The van der Waals surface area contributed by atoms with Crippen LogP contribution in [0.3, 0.4) is 0 Å². The Morgan fingerprint density at radius 1 is 1.13 bits per heavy atom. The van der Waals surface area contributed by atoms with Gasteiger partial charge < -0.3 is 24.3 Å². The van der Waals surface area contributed by atoms with Crippen LogP contribution in [-0.2, 0) is 16.1 Å². The van der Waals surface area contributed by atoms with E-state index in [1.54, 1.807) is 21.0 Å². The van der Waals surface area contributed by atoms with Gasteiger partial charge in [-0.15, -0.1) is 21.5 Å². The van der Waals surface area contributed by atoms with Gasteiger partial charge in [0.2, 0.25) is 5.91 Å². The molecular formula is C26H33N5O5S2. The lowest BCUT2D eigenvalue weighted by molar-refractivity contribution is -0.113. The van der Waals surface area contributed by atoms with Crippen LogP contribution in [-0.4, -0.2) is 64.4 Å². The number of methoxy groups -OCH3 is 1. The molecule has 0 saturated carbocycles. The minimum absolute atomic E-state index is 0.0268. The fraction of sp³-hybridized carbons (Fsp3) is 0.423. The quantitative estimate of drug-likeness (QED) is 0.282. The molecule has 1 atom stereocenters. The molecule has 0 saturated heterocycles. The number of rotatable bonds is 10. The molecule has 1 aromatic carbocycles. The van der Waals surface area contributed by atoms with Crippen LogP contribution in [0.1, 0.15) is 62.5 Å². The maximum absolute atomic E-state index is 12.9. The van der Waals surface area contributed by atoms with Gasteiger partial charge in [0.15, 0.2) is 17.1 Å². The summed E-state index contributed by atoms with van der Waals surface area (Å²) < 4.78 is 12.9. The monoisotopic (exact) mass is 559 g/mol. The summed E-state index contributed by atoms with van der Waals surface area (Å²) in [5, 5.41) is 12.2. The molecular weight excluding hydrogens is 526 g/mol. The highest BCUT2D eigenvalue weighted by atomic mass is 32.2. The first-order valence-electron chi connectivity index (χ1n) is 12.0. The summed E-state index contributed by atoms with van der Waals surface area (Å²) in [4.78, 5) is 39.6. The Balaban J connectivity index is 1.74. The summed E-state index contributed by atoms with van der Waals surface area (Å²) >= 11 is 2.28. The number of esters is 1. The number of hydrogen-bond donors (Lipinski definition) is 1. The number of aromatic nitrogens is 3. The van der Waals surface area contributed by atoms with E-state index in [4.69, 9.17) is 9.47 Å². The van der Waals surface area contributed by atoms with Crippen molar-refractivity contribution >= 4 is 45.9 Å². The lowest BCUT2D eigenvalue weighted by Crippen LogP contribution is -2.21. The zero-order valence-electron chi connectivity index (χ0n) is 22.9. The summed E-state index contributed by atoms with van der Waals surface area (Å²) in [5.41, 5.74) is 2.87. The highest BCUT2D eigenvalue weighted by Gasteiger charge is 2.27. The van der Waals surface area contributed by atoms with Crippen LogP contribution in [0.2, 0.25) is 0 Å². The number of hydrogen-bond acceptors (Lipinski definition) is 9. The Bertz CT molecular complexity index is 1330. The molecule has 0 aliphatic carbocycles. The van der Waals surface area contributed by atoms with Crippen LogP contribution in [0, 0.1) is 20.8 Å². The second-order valence-electron chi connectivity index (χ2n) is 8.96. The molecule has 204 valence electrons.